The van der Waals surface area contributed by atoms with Crippen LogP contribution in [0.5, 0.6) is 5.75 Å². The number of imide groups is 1. The van der Waals surface area contributed by atoms with Gasteiger partial charge in [0.05, 0.1) is 23.4 Å². The Morgan fingerprint density at radius 3 is 2.36 bits per heavy atom. The van der Waals surface area contributed by atoms with E-state index < -0.39 is 40.0 Å². The molecule has 1 saturated heterocycles. The van der Waals surface area contributed by atoms with Crippen molar-refractivity contribution in [2.24, 2.45) is 0 Å². The maximum atomic E-state index is 13.5. The highest BCUT2D eigenvalue weighted by molar-refractivity contribution is 7.92. The van der Waals surface area contributed by atoms with Gasteiger partial charge in [-0.2, -0.15) is 0 Å². The van der Waals surface area contributed by atoms with Crippen LogP contribution in [0.2, 0.25) is 5.02 Å². The molecule has 204 valence electrons. The van der Waals surface area contributed by atoms with Crippen LogP contribution in [0, 0.1) is 0 Å². The van der Waals surface area contributed by atoms with Crippen molar-refractivity contribution in [3.63, 3.8) is 0 Å². The molecule has 0 bridgehead atoms. The van der Waals surface area contributed by atoms with E-state index in [9.17, 15) is 22.8 Å². The Morgan fingerprint density at radius 2 is 1.74 bits per heavy atom. The second-order valence-corrected chi connectivity index (χ2v) is 11.2. The molecule has 1 fully saturated rings. The van der Waals surface area contributed by atoms with Crippen LogP contribution in [0.3, 0.4) is 0 Å². The highest BCUT2D eigenvalue weighted by Crippen LogP contribution is 2.32. The van der Waals surface area contributed by atoms with Crippen molar-refractivity contribution in [2.45, 2.75) is 24.3 Å². The molecule has 3 aromatic rings. The molecule has 39 heavy (non-hydrogen) atoms. The molecule has 0 unspecified atom stereocenters. The fourth-order valence-corrected chi connectivity index (χ4v) is 5.94. The first-order chi connectivity index (χ1) is 18.5. The molecular weight excluding hydrogens is 544 g/mol. The molecule has 0 radical (unpaired) electrons. The molecule has 1 heterocycles. The molecule has 2 N–H and O–H groups in total. The molecule has 4 amide bonds. The molecule has 4 rings (SSSR count). The van der Waals surface area contributed by atoms with Crippen molar-refractivity contribution >= 4 is 50.8 Å². The Kier molecular flexibility index (Phi) is 7.84. The first kappa shape index (κ1) is 27.9. The smallest absolute Gasteiger partial charge is 0.325 e. The SMILES string of the molecule is CCN(c1ccccc1)S(=O)(=O)c1ccc(OC)c(NC(=O)CN2C(=O)N[C@@](C)(c3ccc(Cl)cc3)C2=O)c1. The minimum Gasteiger partial charge on any atom is -0.495 e. The first-order valence-corrected chi connectivity index (χ1v) is 13.8. The Morgan fingerprint density at radius 1 is 1.08 bits per heavy atom. The average molecular weight is 571 g/mol. The van der Waals surface area contributed by atoms with Gasteiger partial charge in [0.25, 0.3) is 15.9 Å². The van der Waals surface area contributed by atoms with Crippen LogP contribution in [0.4, 0.5) is 16.2 Å². The van der Waals surface area contributed by atoms with Crippen molar-refractivity contribution in [3.8, 4) is 5.75 Å². The highest BCUT2D eigenvalue weighted by Gasteiger charge is 2.49. The monoisotopic (exact) mass is 570 g/mol. The summed E-state index contributed by atoms with van der Waals surface area (Å²) in [7, 11) is -2.62. The van der Waals surface area contributed by atoms with Crippen LogP contribution in [-0.2, 0) is 25.2 Å². The number of rotatable bonds is 9. The van der Waals surface area contributed by atoms with Gasteiger partial charge in [0.1, 0.15) is 17.8 Å². The molecule has 0 saturated carbocycles. The van der Waals surface area contributed by atoms with Crippen LogP contribution in [0.25, 0.3) is 0 Å². The van der Waals surface area contributed by atoms with E-state index >= 15 is 0 Å². The fraction of sp³-hybridized carbons (Fsp3) is 0.222. The van der Waals surface area contributed by atoms with Gasteiger partial charge in [-0.05, 0) is 61.9 Å². The van der Waals surface area contributed by atoms with Crippen LogP contribution in [0.15, 0.2) is 77.7 Å². The lowest BCUT2D eigenvalue weighted by atomic mass is 9.92. The van der Waals surface area contributed by atoms with Gasteiger partial charge in [-0.3, -0.25) is 18.8 Å². The van der Waals surface area contributed by atoms with Crippen molar-refractivity contribution in [3.05, 3.63) is 83.4 Å². The van der Waals surface area contributed by atoms with Crippen LogP contribution in [0.1, 0.15) is 19.4 Å². The van der Waals surface area contributed by atoms with Gasteiger partial charge in [-0.25, -0.2) is 13.2 Å². The Balaban J connectivity index is 1.56. The molecule has 12 heteroatoms. The van der Waals surface area contributed by atoms with Gasteiger partial charge in [0.15, 0.2) is 0 Å². The number of methoxy groups -OCH3 is 1. The van der Waals surface area contributed by atoms with Crippen molar-refractivity contribution in [1.82, 2.24) is 10.2 Å². The number of halogens is 1. The molecule has 10 nitrogen and oxygen atoms in total. The number of sulfonamides is 1. The highest BCUT2D eigenvalue weighted by atomic mass is 35.5. The molecule has 1 aliphatic rings. The molecular formula is C27H27ClN4O6S. The maximum absolute atomic E-state index is 13.5. The molecule has 0 aromatic heterocycles. The van der Waals surface area contributed by atoms with Crippen LogP contribution >= 0.6 is 11.6 Å². The number of ether oxygens (including phenoxy) is 1. The van der Waals surface area contributed by atoms with Gasteiger partial charge < -0.3 is 15.4 Å². The number of anilines is 2. The second kappa shape index (κ2) is 11.0. The van der Waals surface area contributed by atoms with E-state index in [0.29, 0.717) is 16.3 Å². The fourth-order valence-electron chi connectivity index (χ4n) is 4.31. The summed E-state index contributed by atoms with van der Waals surface area (Å²) >= 11 is 5.94. The molecule has 1 aliphatic heterocycles. The quantitative estimate of drug-likeness (QED) is 0.375. The number of carbonyl (C=O) groups excluding carboxylic acids is 3. The minimum atomic E-state index is -3.99. The number of benzene rings is 3. The topological polar surface area (TPSA) is 125 Å². The lowest BCUT2D eigenvalue weighted by molar-refractivity contribution is -0.133. The summed E-state index contributed by atoms with van der Waals surface area (Å²) in [5.41, 5.74) is -0.315. The lowest BCUT2D eigenvalue weighted by Gasteiger charge is -2.23. The standard InChI is InChI=1S/C27H27ClN4O6S/c1-4-32(20-8-6-5-7-9-20)39(36,37)21-14-15-23(38-3)22(16-21)29-24(33)17-31-25(34)27(2,30-26(31)35)18-10-12-19(28)13-11-18/h5-16H,4,17H2,1-3H3,(H,29,33)(H,30,35)/t27-/m0/s1. The predicted octanol–water partition coefficient (Wildman–Crippen LogP) is 3.97. The third kappa shape index (κ3) is 5.41. The minimum absolute atomic E-state index is 0.0696. The zero-order chi connectivity index (χ0) is 28.4. The van der Waals surface area contributed by atoms with Crippen LogP contribution < -0.4 is 19.7 Å². The van der Waals surface area contributed by atoms with E-state index in [4.69, 9.17) is 16.3 Å². The number of carbonyl (C=O) groups is 3. The number of urea groups is 1. The molecule has 0 aliphatic carbocycles. The Labute approximate surface area is 231 Å². The lowest BCUT2D eigenvalue weighted by Crippen LogP contribution is -2.42. The summed E-state index contributed by atoms with van der Waals surface area (Å²) in [6.07, 6.45) is 0. The van der Waals surface area contributed by atoms with E-state index in [2.05, 4.69) is 10.6 Å². The molecule has 0 spiro atoms. The largest absolute Gasteiger partial charge is 0.495 e. The van der Waals surface area contributed by atoms with Gasteiger partial charge in [-0.15, -0.1) is 0 Å². The van der Waals surface area contributed by atoms with E-state index in [1.165, 1.54) is 36.5 Å². The van der Waals surface area contributed by atoms with E-state index in [0.717, 1.165) is 4.90 Å². The van der Waals surface area contributed by atoms with Gasteiger partial charge in [0.2, 0.25) is 5.91 Å². The normalized spacial score (nSPS) is 17.1. The van der Waals surface area contributed by atoms with Crippen molar-refractivity contribution in [1.29, 1.82) is 0 Å². The Bertz CT molecular complexity index is 1510. The number of hydrogen-bond donors (Lipinski definition) is 2. The summed E-state index contributed by atoms with van der Waals surface area (Å²) in [6, 6.07) is 18.4. The van der Waals surface area contributed by atoms with Gasteiger partial charge in [-0.1, -0.05) is 41.9 Å². The second-order valence-electron chi connectivity index (χ2n) is 8.87. The van der Waals surface area contributed by atoms with Crippen molar-refractivity contribution in [2.75, 3.05) is 29.8 Å². The summed E-state index contributed by atoms with van der Waals surface area (Å²) in [4.78, 5) is 39.5. The summed E-state index contributed by atoms with van der Waals surface area (Å²) < 4.78 is 33.4. The van der Waals surface area contributed by atoms with E-state index in [1.54, 1.807) is 61.5 Å². The van der Waals surface area contributed by atoms with E-state index in [1.807, 2.05) is 0 Å². The van der Waals surface area contributed by atoms with E-state index in [-0.39, 0.29) is 22.9 Å². The number of nitrogens with one attached hydrogen (secondary N) is 2. The third-order valence-corrected chi connectivity index (χ3v) is 8.51. The van der Waals surface area contributed by atoms with Crippen LogP contribution in [-0.4, -0.2) is 51.4 Å². The summed E-state index contributed by atoms with van der Waals surface area (Å²) in [6.45, 7) is 2.84. The zero-order valence-electron chi connectivity index (χ0n) is 21.5. The summed E-state index contributed by atoms with van der Waals surface area (Å²) in [5, 5.41) is 5.67. The number of para-hydroxylation sites is 1. The first-order valence-electron chi connectivity index (χ1n) is 12.0. The molecule has 1 atom stereocenters. The predicted molar refractivity (Wildman–Crippen MR) is 147 cm³/mol. The number of nitrogens with zero attached hydrogens (tertiary/aromatic N) is 2. The zero-order valence-corrected chi connectivity index (χ0v) is 23.0. The molecule has 3 aromatic carbocycles. The van der Waals surface area contributed by atoms with Gasteiger partial charge >= 0.3 is 6.03 Å². The summed E-state index contributed by atoms with van der Waals surface area (Å²) in [5.74, 6) is -1.13. The van der Waals surface area contributed by atoms with Gasteiger partial charge in [0, 0.05) is 11.6 Å². The maximum Gasteiger partial charge on any atom is 0.325 e. The number of hydrogen-bond acceptors (Lipinski definition) is 6. The van der Waals surface area contributed by atoms with Crippen molar-refractivity contribution < 1.29 is 27.5 Å². The number of amides is 4. The Hall–Kier alpha value is -4.09. The average Bonchev–Trinajstić information content (AvgIpc) is 3.13. The third-order valence-electron chi connectivity index (χ3n) is 6.36.